The van der Waals surface area contributed by atoms with Gasteiger partial charge in [-0.05, 0) is 17.9 Å². The maximum Gasteiger partial charge on any atom is 0.164 e. The molecule has 1 aromatic heterocycles. The van der Waals surface area contributed by atoms with Gasteiger partial charge >= 0.3 is 0 Å². The lowest BCUT2D eigenvalue weighted by Gasteiger charge is -2.34. The Bertz CT molecular complexity index is 622. The number of aromatic nitrogens is 3. The maximum absolute atomic E-state index is 4.47. The van der Waals surface area contributed by atoms with Gasteiger partial charge in [0.2, 0.25) is 0 Å². The normalized spacial score (nSPS) is 18.9. The number of hydrogen-bond donors (Lipinski definition) is 1. The predicted molar refractivity (Wildman–Crippen MR) is 80.4 cm³/mol. The van der Waals surface area contributed by atoms with Crippen LogP contribution in [0.25, 0.3) is 11.4 Å². The van der Waals surface area contributed by atoms with E-state index in [-0.39, 0.29) is 11.5 Å². The van der Waals surface area contributed by atoms with Crippen LogP contribution in [0.2, 0.25) is 0 Å². The van der Waals surface area contributed by atoms with Crippen LogP contribution in [0.15, 0.2) is 24.3 Å². The van der Waals surface area contributed by atoms with E-state index in [0.29, 0.717) is 0 Å². The molecule has 1 N–H and O–H groups in total. The zero-order chi connectivity index (χ0) is 14.3. The van der Waals surface area contributed by atoms with E-state index < -0.39 is 0 Å². The highest BCUT2D eigenvalue weighted by atomic mass is 15.3. The summed E-state index contributed by atoms with van der Waals surface area (Å²) in [4.78, 5) is 0. The van der Waals surface area contributed by atoms with Crippen molar-refractivity contribution in [1.82, 2.24) is 20.1 Å². The molecular weight excluding hydrogens is 248 g/mol. The molecule has 4 nitrogen and oxygen atoms in total. The number of rotatable bonds is 1. The molecular formula is C16H22N4. The summed E-state index contributed by atoms with van der Waals surface area (Å²) in [6.07, 6.45) is 0. The molecule has 1 aromatic carbocycles. The Labute approximate surface area is 120 Å². The van der Waals surface area contributed by atoms with Crippen molar-refractivity contribution in [2.45, 2.75) is 40.3 Å². The number of fused-ring (bicyclic) bond motifs is 1. The van der Waals surface area contributed by atoms with Gasteiger partial charge in [0, 0.05) is 18.7 Å². The van der Waals surface area contributed by atoms with Gasteiger partial charge in [0.05, 0.1) is 6.04 Å². The lowest BCUT2D eigenvalue weighted by Crippen LogP contribution is -2.40. The summed E-state index contributed by atoms with van der Waals surface area (Å²) >= 11 is 0. The summed E-state index contributed by atoms with van der Waals surface area (Å²) in [6.45, 7) is 10.7. The van der Waals surface area contributed by atoms with E-state index in [0.717, 1.165) is 24.7 Å². The highest BCUT2D eigenvalue weighted by molar-refractivity contribution is 5.60. The lowest BCUT2D eigenvalue weighted by atomic mass is 9.85. The van der Waals surface area contributed by atoms with Crippen molar-refractivity contribution < 1.29 is 0 Å². The lowest BCUT2D eigenvalue weighted by molar-refractivity contribution is 0.234. The molecule has 0 spiro atoms. The average Bonchev–Trinajstić information content (AvgIpc) is 2.81. The molecule has 0 fully saturated rings. The first-order valence-corrected chi connectivity index (χ1v) is 7.21. The van der Waals surface area contributed by atoms with Crippen LogP contribution in [0.5, 0.6) is 0 Å². The van der Waals surface area contributed by atoms with Gasteiger partial charge in [-0.15, -0.1) is 10.2 Å². The molecule has 0 bridgehead atoms. The van der Waals surface area contributed by atoms with Crippen LogP contribution in [0.3, 0.4) is 0 Å². The number of nitrogens with zero attached hydrogens (tertiary/aromatic N) is 3. The molecule has 1 atom stereocenters. The highest BCUT2D eigenvalue weighted by Crippen LogP contribution is 2.35. The summed E-state index contributed by atoms with van der Waals surface area (Å²) in [5.41, 5.74) is 2.56. The van der Waals surface area contributed by atoms with Crippen LogP contribution in [0, 0.1) is 12.3 Å². The fourth-order valence-corrected chi connectivity index (χ4v) is 2.88. The molecule has 0 saturated carbocycles. The number of nitrogens with one attached hydrogen (secondary N) is 1. The largest absolute Gasteiger partial charge is 0.308 e. The molecule has 1 unspecified atom stereocenters. The van der Waals surface area contributed by atoms with Gasteiger partial charge in [0.25, 0.3) is 0 Å². The molecule has 1 aliphatic rings. The zero-order valence-electron chi connectivity index (χ0n) is 12.6. The molecule has 0 amide bonds. The second-order valence-electron chi connectivity index (χ2n) is 6.60. The van der Waals surface area contributed by atoms with E-state index in [4.69, 9.17) is 0 Å². The topological polar surface area (TPSA) is 42.7 Å². The third-order valence-electron chi connectivity index (χ3n) is 3.97. The minimum atomic E-state index is 0.133. The molecule has 1 aliphatic heterocycles. The summed E-state index contributed by atoms with van der Waals surface area (Å²) in [5.74, 6) is 2.05. The van der Waals surface area contributed by atoms with Gasteiger partial charge in [0.1, 0.15) is 0 Å². The maximum atomic E-state index is 4.47. The van der Waals surface area contributed by atoms with Gasteiger partial charge in [-0.25, -0.2) is 0 Å². The quantitative estimate of drug-likeness (QED) is 0.866. The Balaban J connectivity index is 2.10. The van der Waals surface area contributed by atoms with Crippen LogP contribution in [0.4, 0.5) is 0 Å². The Morgan fingerprint density at radius 3 is 2.65 bits per heavy atom. The van der Waals surface area contributed by atoms with Crippen molar-refractivity contribution in [2.24, 2.45) is 5.41 Å². The van der Waals surface area contributed by atoms with E-state index >= 15 is 0 Å². The molecule has 20 heavy (non-hydrogen) atoms. The Hall–Kier alpha value is -1.68. The Kier molecular flexibility index (Phi) is 3.13. The molecule has 0 saturated heterocycles. The number of hydrogen-bond acceptors (Lipinski definition) is 3. The van der Waals surface area contributed by atoms with Crippen molar-refractivity contribution in [3.05, 3.63) is 35.7 Å². The Morgan fingerprint density at radius 2 is 1.95 bits per heavy atom. The standard InChI is InChI=1S/C16H22N4/c1-11-7-5-6-8-12(11)14-18-19-15-13(16(2,3)4)17-9-10-20(14)15/h5-8,13,17H,9-10H2,1-4H3. The van der Waals surface area contributed by atoms with Crippen LogP contribution >= 0.6 is 0 Å². The van der Waals surface area contributed by atoms with Crippen LogP contribution < -0.4 is 5.32 Å². The Morgan fingerprint density at radius 1 is 1.20 bits per heavy atom. The van der Waals surface area contributed by atoms with E-state index in [2.05, 4.69) is 72.0 Å². The summed E-state index contributed by atoms with van der Waals surface area (Å²) in [7, 11) is 0. The molecule has 2 aromatic rings. The second kappa shape index (κ2) is 4.70. The van der Waals surface area contributed by atoms with Crippen LogP contribution in [-0.4, -0.2) is 21.3 Å². The molecule has 3 rings (SSSR count). The fourth-order valence-electron chi connectivity index (χ4n) is 2.88. The van der Waals surface area contributed by atoms with Gasteiger partial charge in [0.15, 0.2) is 11.6 Å². The van der Waals surface area contributed by atoms with E-state index in [1.807, 2.05) is 0 Å². The molecule has 106 valence electrons. The molecule has 0 radical (unpaired) electrons. The average molecular weight is 270 g/mol. The van der Waals surface area contributed by atoms with Gasteiger partial charge in [-0.3, -0.25) is 0 Å². The van der Waals surface area contributed by atoms with Gasteiger partial charge < -0.3 is 9.88 Å². The van der Waals surface area contributed by atoms with E-state index in [1.54, 1.807) is 0 Å². The van der Waals surface area contributed by atoms with Gasteiger partial charge in [-0.2, -0.15) is 0 Å². The SMILES string of the molecule is Cc1ccccc1-c1nnc2n1CCNC2C(C)(C)C. The van der Waals surface area contributed by atoms with E-state index in [1.165, 1.54) is 11.1 Å². The second-order valence-corrected chi connectivity index (χ2v) is 6.60. The molecule has 4 heteroatoms. The zero-order valence-corrected chi connectivity index (χ0v) is 12.6. The third kappa shape index (κ3) is 2.14. The summed E-state index contributed by atoms with van der Waals surface area (Å²) in [6, 6.07) is 8.62. The predicted octanol–water partition coefficient (Wildman–Crippen LogP) is 2.94. The fraction of sp³-hybridized carbons (Fsp3) is 0.500. The van der Waals surface area contributed by atoms with Crippen molar-refractivity contribution >= 4 is 0 Å². The first-order valence-electron chi connectivity index (χ1n) is 7.21. The first-order chi connectivity index (χ1) is 9.48. The molecule has 0 aliphatic carbocycles. The summed E-state index contributed by atoms with van der Waals surface area (Å²) < 4.78 is 2.27. The third-order valence-corrected chi connectivity index (χ3v) is 3.97. The van der Waals surface area contributed by atoms with Crippen molar-refractivity contribution in [3.8, 4) is 11.4 Å². The van der Waals surface area contributed by atoms with Crippen LogP contribution in [-0.2, 0) is 6.54 Å². The monoisotopic (exact) mass is 270 g/mol. The first kappa shape index (κ1) is 13.3. The minimum Gasteiger partial charge on any atom is -0.308 e. The number of aryl methyl sites for hydroxylation is 1. The van der Waals surface area contributed by atoms with Crippen molar-refractivity contribution in [1.29, 1.82) is 0 Å². The van der Waals surface area contributed by atoms with Crippen LogP contribution in [0.1, 0.15) is 38.2 Å². The summed E-state index contributed by atoms with van der Waals surface area (Å²) in [5, 5.41) is 12.5. The number of benzene rings is 1. The molecule has 2 heterocycles. The highest BCUT2D eigenvalue weighted by Gasteiger charge is 2.33. The minimum absolute atomic E-state index is 0.133. The van der Waals surface area contributed by atoms with Crippen molar-refractivity contribution in [3.63, 3.8) is 0 Å². The van der Waals surface area contributed by atoms with E-state index in [9.17, 15) is 0 Å². The van der Waals surface area contributed by atoms with Crippen molar-refractivity contribution in [2.75, 3.05) is 6.54 Å². The smallest absolute Gasteiger partial charge is 0.164 e. The van der Waals surface area contributed by atoms with Gasteiger partial charge in [-0.1, -0.05) is 45.0 Å².